The number of carboxylic acids is 1. The van der Waals surface area contributed by atoms with E-state index in [1.165, 1.54) is 24.3 Å². The lowest BCUT2D eigenvalue weighted by atomic mass is 10.0. The average Bonchev–Trinajstić information content (AvgIpc) is 2.67. The van der Waals surface area contributed by atoms with Crippen LogP contribution in [0.1, 0.15) is 10.4 Å². The number of carboxylic acid groups (broad SMARTS) is 1. The Bertz CT molecular complexity index is 1170. The Labute approximate surface area is 153 Å². The van der Waals surface area contributed by atoms with Gasteiger partial charge in [0.2, 0.25) is 0 Å². The van der Waals surface area contributed by atoms with Gasteiger partial charge in [0.1, 0.15) is 11.6 Å². The molecule has 0 spiro atoms. The molecule has 0 saturated carbocycles. The number of carbonyl (C=O) groups is 1. The van der Waals surface area contributed by atoms with Crippen molar-refractivity contribution in [3.63, 3.8) is 0 Å². The van der Waals surface area contributed by atoms with Gasteiger partial charge in [-0.2, -0.15) is 0 Å². The molecule has 1 N–H and O–H groups in total. The molecule has 0 radical (unpaired) electrons. The second-order valence-electron chi connectivity index (χ2n) is 6.08. The number of hydrogen-bond acceptors (Lipinski definition) is 2. The Morgan fingerprint density at radius 1 is 0.852 bits per heavy atom. The summed E-state index contributed by atoms with van der Waals surface area (Å²) in [6.07, 6.45) is 0. The summed E-state index contributed by atoms with van der Waals surface area (Å²) < 4.78 is 27.4. The van der Waals surface area contributed by atoms with Gasteiger partial charge in [-0.05, 0) is 35.9 Å². The van der Waals surface area contributed by atoms with Crippen molar-refractivity contribution >= 4 is 16.9 Å². The van der Waals surface area contributed by atoms with E-state index < -0.39 is 11.8 Å². The number of hydrogen-bond donors (Lipinski definition) is 1. The molecule has 0 saturated heterocycles. The van der Waals surface area contributed by atoms with Crippen molar-refractivity contribution < 1.29 is 18.7 Å². The van der Waals surface area contributed by atoms with Gasteiger partial charge < -0.3 is 5.11 Å². The fourth-order valence-corrected chi connectivity index (χ4v) is 3.04. The van der Waals surface area contributed by atoms with Gasteiger partial charge in [-0.25, -0.2) is 18.6 Å². The molecular formula is C22H13F2NO2. The van der Waals surface area contributed by atoms with Crippen LogP contribution in [-0.2, 0) is 0 Å². The minimum atomic E-state index is -1.16. The van der Waals surface area contributed by atoms with Gasteiger partial charge in [-0.1, -0.05) is 42.5 Å². The molecule has 4 aromatic rings. The number of aromatic carboxylic acids is 1. The van der Waals surface area contributed by atoms with Gasteiger partial charge in [0.25, 0.3) is 0 Å². The van der Waals surface area contributed by atoms with E-state index in [9.17, 15) is 18.7 Å². The number of rotatable bonds is 3. The molecule has 1 aromatic heterocycles. The highest BCUT2D eigenvalue weighted by Crippen LogP contribution is 2.28. The van der Waals surface area contributed by atoms with E-state index in [4.69, 9.17) is 0 Å². The molecule has 4 rings (SSSR count). The highest BCUT2D eigenvalue weighted by Gasteiger charge is 2.14. The van der Waals surface area contributed by atoms with Gasteiger partial charge in [-0.3, -0.25) is 0 Å². The van der Waals surface area contributed by atoms with Crippen LogP contribution in [0.25, 0.3) is 33.3 Å². The lowest BCUT2D eigenvalue weighted by molar-refractivity contribution is 0.0699. The van der Waals surface area contributed by atoms with E-state index in [2.05, 4.69) is 4.98 Å². The molecule has 0 unspecified atom stereocenters. The van der Waals surface area contributed by atoms with Crippen LogP contribution in [0.15, 0.2) is 72.8 Å². The number of nitrogens with zero attached hydrogens (tertiary/aromatic N) is 1. The summed E-state index contributed by atoms with van der Waals surface area (Å²) in [4.78, 5) is 16.0. The lowest BCUT2D eigenvalue weighted by Crippen LogP contribution is -2.00. The molecule has 3 nitrogen and oxygen atoms in total. The number of pyridine rings is 1. The smallest absolute Gasteiger partial charge is 0.336 e. The van der Waals surface area contributed by atoms with Crippen LogP contribution in [0.5, 0.6) is 0 Å². The van der Waals surface area contributed by atoms with Gasteiger partial charge in [-0.15, -0.1) is 0 Å². The van der Waals surface area contributed by atoms with Gasteiger partial charge >= 0.3 is 5.97 Å². The Kier molecular flexibility index (Phi) is 4.12. The summed E-state index contributed by atoms with van der Waals surface area (Å²) in [5, 5.41) is 9.72. The molecule has 3 aromatic carbocycles. The van der Waals surface area contributed by atoms with Crippen LogP contribution in [0, 0.1) is 11.6 Å². The molecule has 0 aliphatic carbocycles. The molecule has 0 aliphatic rings. The van der Waals surface area contributed by atoms with E-state index in [0.717, 1.165) is 6.07 Å². The zero-order chi connectivity index (χ0) is 19.0. The van der Waals surface area contributed by atoms with Crippen LogP contribution < -0.4 is 0 Å². The maximum Gasteiger partial charge on any atom is 0.336 e. The van der Waals surface area contributed by atoms with Crippen molar-refractivity contribution in [2.75, 3.05) is 0 Å². The van der Waals surface area contributed by atoms with E-state index in [1.54, 1.807) is 42.5 Å². The van der Waals surface area contributed by atoms with Crippen LogP contribution in [0.3, 0.4) is 0 Å². The fourth-order valence-electron chi connectivity index (χ4n) is 3.04. The Morgan fingerprint density at radius 2 is 1.56 bits per heavy atom. The first-order valence-electron chi connectivity index (χ1n) is 8.22. The Balaban J connectivity index is 1.82. The zero-order valence-electron chi connectivity index (χ0n) is 14.0. The molecule has 0 amide bonds. The SMILES string of the molecule is O=C(O)c1cc(-c2ccc(-c3ccccc3F)cc2)nc2ccc(F)cc12. The molecule has 0 aliphatic heterocycles. The molecule has 0 fully saturated rings. The van der Waals surface area contributed by atoms with Crippen molar-refractivity contribution in [2.45, 2.75) is 0 Å². The first-order valence-corrected chi connectivity index (χ1v) is 8.22. The molecule has 27 heavy (non-hydrogen) atoms. The standard InChI is InChI=1S/C22H13F2NO2/c23-15-9-10-20-17(11-15)18(22(26)27)12-21(25-20)14-7-5-13(6-8-14)16-3-1-2-4-19(16)24/h1-12H,(H,26,27). The van der Waals surface area contributed by atoms with Crippen molar-refractivity contribution in [3.8, 4) is 22.4 Å². The Morgan fingerprint density at radius 3 is 2.26 bits per heavy atom. The topological polar surface area (TPSA) is 50.2 Å². The third kappa shape index (κ3) is 3.15. The van der Waals surface area contributed by atoms with Gasteiger partial charge in [0.05, 0.1) is 16.8 Å². The van der Waals surface area contributed by atoms with Crippen molar-refractivity contribution in [2.24, 2.45) is 0 Å². The monoisotopic (exact) mass is 361 g/mol. The predicted octanol–water partition coefficient (Wildman–Crippen LogP) is 5.55. The Hall–Kier alpha value is -3.60. The second-order valence-corrected chi connectivity index (χ2v) is 6.08. The van der Waals surface area contributed by atoms with Crippen LogP contribution in [-0.4, -0.2) is 16.1 Å². The number of benzene rings is 3. The van der Waals surface area contributed by atoms with Crippen LogP contribution >= 0.6 is 0 Å². The summed E-state index contributed by atoms with van der Waals surface area (Å²) >= 11 is 0. The summed E-state index contributed by atoms with van der Waals surface area (Å²) in [5.74, 6) is -1.99. The van der Waals surface area contributed by atoms with E-state index in [1.807, 2.05) is 0 Å². The lowest BCUT2D eigenvalue weighted by Gasteiger charge is -2.09. The van der Waals surface area contributed by atoms with E-state index in [-0.39, 0.29) is 16.8 Å². The highest BCUT2D eigenvalue weighted by atomic mass is 19.1. The molecular weight excluding hydrogens is 348 g/mol. The molecule has 1 heterocycles. The number of aromatic nitrogens is 1. The predicted molar refractivity (Wildman–Crippen MR) is 99.5 cm³/mol. The van der Waals surface area contributed by atoms with Crippen molar-refractivity contribution in [1.82, 2.24) is 4.98 Å². The largest absolute Gasteiger partial charge is 0.478 e. The van der Waals surface area contributed by atoms with Crippen LogP contribution in [0.4, 0.5) is 8.78 Å². The van der Waals surface area contributed by atoms with E-state index >= 15 is 0 Å². The summed E-state index contributed by atoms with van der Waals surface area (Å²) in [5.41, 5.74) is 2.70. The minimum Gasteiger partial charge on any atom is -0.478 e. The van der Waals surface area contributed by atoms with Crippen molar-refractivity contribution in [1.29, 1.82) is 0 Å². The zero-order valence-corrected chi connectivity index (χ0v) is 14.0. The van der Waals surface area contributed by atoms with E-state index in [0.29, 0.717) is 27.9 Å². The maximum absolute atomic E-state index is 13.9. The molecule has 5 heteroatoms. The van der Waals surface area contributed by atoms with Gasteiger partial charge in [0, 0.05) is 16.5 Å². The maximum atomic E-state index is 13.9. The fraction of sp³-hybridized carbons (Fsp3) is 0. The quantitative estimate of drug-likeness (QED) is 0.521. The molecule has 0 atom stereocenters. The normalized spacial score (nSPS) is 10.9. The summed E-state index contributed by atoms with van der Waals surface area (Å²) in [7, 11) is 0. The van der Waals surface area contributed by atoms with Crippen molar-refractivity contribution in [3.05, 3.63) is 90.0 Å². The van der Waals surface area contributed by atoms with Crippen LogP contribution in [0.2, 0.25) is 0 Å². The number of halogens is 2. The third-order valence-corrected chi connectivity index (χ3v) is 4.37. The first kappa shape index (κ1) is 16.8. The minimum absolute atomic E-state index is 0.0207. The summed E-state index contributed by atoms with van der Waals surface area (Å²) in [6.45, 7) is 0. The third-order valence-electron chi connectivity index (χ3n) is 4.37. The average molecular weight is 361 g/mol. The highest BCUT2D eigenvalue weighted by molar-refractivity contribution is 6.03. The summed E-state index contributed by atoms with van der Waals surface area (Å²) in [6, 6.07) is 18.8. The first-order chi connectivity index (χ1) is 13.0. The molecule has 0 bridgehead atoms. The number of fused-ring (bicyclic) bond motifs is 1. The second kappa shape index (κ2) is 6.61. The molecule has 132 valence electrons. The van der Waals surface area contributed by atoms with Gasteiger partial charge in [0.15, 0.2) is 0 Å².